The van der Waals surface area contributed by atoms with Gasteiger partial charge in [-0.3, -0.25) is 11.3 Å². The molecule has 19 heavy (non-hydrogen) atoms. The Morgan fingerprint density at radius 2 is 1.42 bits per heavy atom. The van der Waals surface area contributed by atoms with E-state index >= 15 is 0 Å². The number of nitrogens with one attached hydrogen (secondary N) is 1. The van der Waals surface area contributed by atoms with Gasteiger partial charge >= 0.3 is 0 Å². The van der Waals surface area contributed by atoms with Crippen LogP contribution in [0.3, 0.4) is 0 Å². The highest BCUT2D eigenvalue weighted by atomic mass is 15.2. The van der Waals surface area contributed by atoms with Gasteiger partial charge in [0.05, 0.1) is 6.04 Å². The fourth-order valence-corrected chi connectivity index (χ4v) is 3.76. The van der Waals surface area contributed by atoms with Gasteiger partial charge in [0.25, 0.3) is 0 Å². The van der Waals surface area contributed by atoms with Crippen LogP contribution < -0.4 is 11.3 Å². The molecule has 0 amide bonds. The SMILES string of the molecule is Cc1cc(C)c(C(NN)C2C(C)(C)C2(C)C)cc1C. The first-order valence-corrected chi connectivity index (χ1v) is 7.18. The van der Waals surface area contributed by atoms with E-state index in [1.807, 2.05) is 0 Å². The van der Waals surface area contributed by atoms with Crippen molar-refractivity contribution in [2.45, 2.75) is 54.5 Å². The first-order valence-electron chi connectivity index (χ1n) is 7.18. The summed E-state index contributed by atoms with van der Waals surface area (Å²) < 4.78 is 0. The number of hydrogen-bond acceptors (Lipinski definition) is 2. The van der Waals surface area contributed by atoms with Crippen LogP contribution in [0.4, 0.5) is 0 Å². The zero-order valence-corrected chi connectivity index (χ0v) is 13.4. The monoisotopic (exact) mass is 260 g/mol. The maximum atomic E-state index is 5.89. The van der Waals surface area contributed by atoms with Crippen molar-refractivity contribution in [2.75, 3.05) is 0 Å². The lowest BCUT2D eigenvalue weighted by molar-refractivity contribution is 0.416. The van der Waals surface area contributed by atoms with Crippen molar-refractivity contribution >= 4 is 0 Å². The summed E-state index contributed by atoms with van der Waals surface area (Å²) >= 11 is 0. The molecule has 0 spiro atoms. The van der Waals surface area contributed by atoms with Gasteiger partial charge in [0.15, 0.2) is 0 Å². The molecule has 1 aromatic carbocycles. The molecule has 1 aromatic rings. The highest BCUT2D eigenvalue weighted by molar-refractivity contribution is 5.40. The highest BCUT2D eigenvalue weighted by Crippen LogP contribution is 2.72. The number of nitrogens with two attached hydrogens (primary N) is 1. The van der Waals surface area contributed by atoms with Gasteiger partial charge in [-0.15, -0.1) is 0 Å². The van der Waals surface area contributed by atoms with E-state index in [0.29, 0.717) is 16.7 Å². The first-order chi connectivity index (χ1) is 8.64. The third-order valence-electron chi connectivity index (χ3n) is 5.86. The fourth-order valence-electron chi connectivity index (χ4n) is 3.76. The summed E-state index contributed by atoms with van der Waals surface area (Å²) in [4.78, 5) is 0. The lowest BCUT2D eigenvalue weighted by Gasteiger charge is -2.22. The molecule has 1 aliphatic rings. The molecular formula is C17H28N2. The predicted molar refractivity (Wildman–Crippen MR) is 81.8 cm³/mol. The lowest BCUT2D eigenvalue weighted by Crippen LogP contribution is -2.32. The van der Waals surface area contributed by atoms with Gasteiger partial charge in [-0.1, -0.05) is 39.8 Å². The molecule has 0 aromatic heterocycles. The maximum absolute atomic E-state index is 5.89. The molecule has 0 radical (unpaired) electrons. The fraction of sp³-hybridized carbons (Fsp3) is 0.647. The van der Waals surface area contributed by atoms with Crippen molar-refractivity contribution in [1.29, 1.82) is 0 Å². The van der Waals surface area contributed by atoms with Crippen molar-refractivity contribution in [2.24, 2.45) is 22.6 Å². The van der Waals surface area contributed by atoms with E-state index in [1.165, 1.54) is 22.3 Å². The molecule has 2 rings (SSSR count). The van der Waals surface area contributed by atoms with Crippen LogP contribution in [0.25, 0.3) is 0 Å². The van der Waals surface area contributed by atoms with Crippen LogP contribution in [0.1, 0.15) is 56.0 Å². The Morgan fingerprint density at radius 1 is 0.947 bits per heavy atom. The Hall–Kier alpha value is -0.860. The average molecular weight is 260 g/mol. The molecule has 3 N–H and O–H groups in total. The van der Waals surface area contributed by atoms with Gasteiger partial charge in [-0.25, -0.2) is 0 Å². The zero-order chi connectivity index (χ0) is 14.6. The Kier molecular flexibility index (Phi) is 3.31. The zero-order valence-electron chi connectivity index (χ0n) is 13.4. The molecule has 1 fully saturated rings. The van der Waals surface area contributed by atoms with Crippen LogP contribution in [-0.2, 0) is 0 Å². The largest absolute Gasteiger partial charge is 0.271 e. The summed E-state index contributed by atoms with van der Waals surface area (Å²) in [6, 6.07) is 4.82. The lowest BCUT2D eigenvalue weighted by atomic mass is 9.91. The molecule has 0 bridgehead atoms. The van der Waals surface area contributed by atoms with Crippen molar-refractivity contribution < 1.29 is 0 Å². The molecule has 1 saturated carbocycles. The molecule has 2 heteroatoms. The molecule has 106 valence electrons. The number of benzene rings is 1. The third kappa shape index (κ3) is 2.02. The minimum absolute atomic E-state index is 0.240. The Balaban J connectivity index is 2.43. The summed E-state index contributed by atoms with van der Waals surface area (Å²) in [5.41, 5.74) is 9.13. The summed E-state index contributed by atoms with van der Waals surface area (Å²) in [7, 11) is 0. The minimum Gasteiger partial charge on any atom is -0.271 e. The number of hydrogen-bond donors (Lipinski definition) is 2. The van der Waals surface area contributed by atoms with Gasteiger partial charge in [-0.2, -0.15) is 0 Å². The first kappa shape index (κ1) is 14.5. The second kappa shape index (κ2) is 4.32. The highest BCUT2D eigenvalue weighted by Gasteiger charge is 2.67. The molecule has 1 atom stereocenters. The third-order valence-corrected chi connectivity index (χ3v) is 5.86. The number of rotatable bonds is 3. The van der Waals surface area contributed by atoms with Gasteiger partial charge in [0.1, 0.15) is 0 Å². The average Bonchev–Trinajstić information content (AvgIpc) is 2.69. The molecule has 1 aliphatic carbocycles. The van der Waals surface area contributed by atoms with Gasteiger partial charge in [-0.05, 0) is 59.8 Å². The summed E-state index contributed by atoms with van der Waals surface area (Å²) in [6.45, 7) is 15.9. The van der Waals surface area contributed by atoms with Crippen molar-refractivity contribution in [3.05, 3.63) is 34.4 Å². The van der Waals surface area contributed by atoms with Crippen LogP contribution in [0, 0.1) is 37.5 Å². The van der Waals surface area contributed by atoms with E-state index < -0.39 is 0 Å². The summed E-state index contributed by atoms with van der Waals surface area (Å²) in [6.07, 6.45) is 0. The van der Waals surface area contributed by atoms with Crippen LogP contribution in [0.5, 0.6) is 0 Å². The standard InChI is InChI=1S/C17H28N2/c1-10-8-12(3)13(9-11(10)2)14(19-18)15-16(4,5)17(15,6)7/h8-9,14-15,19H,18H2,1-7H3. The molecular weight excluding hydrogens is 232 g/mol. The number of aryl methyl sites for hydroxylation is 3. The molecule has 1 unspecified atom stereocenters. The normalized spacial score (nSPS) is 22.3. The van der Waals surface area contributed by atoms with E-state index in [-0.39, 0.29) is 6.04 Å². The van der Waals surface area contributed by atoms with E-state index in [0.717, 1.165) is 0 Å². The number of hydrazine groups is 1. The Morgan fingerprint density at radius 3 is 1.84 bits per heavy atom. The van der Waals surface area contributed by atoms with Crippen molar-refractivity contribution in [1.82, 2.24) is 5.43 Å². The van der Waals surface area contributed by atoms with Gasteiger partial charge in [0, 0.05) is 0 Å². The molecule has 0 saturated heterocycles. The van der Waals surface area contributed by atoms with Crippen LogP contribution in [-0.4, -0.2) is 0 Å². The Labute approximate surface area is 117 Å². The maximum Gasteiger partial charge on any atom is 0.0501 e. The van der Waals surface area contributed by atoms with Gasteiger partial charge < -0.3 is 0 Å². The van der Waals surface area contributed by atoms with Gasteiger partial charge in [0.2, 0.25) is 0 Å². The van der Waals surface area contributed by atoms with Crippen LogP contribution >= 0.6 is 0 Å². The molecule has 0 heterocycles. The summed E-state index contributed by atoms with van der Waals surface area (Å²) in [5.74, 6) is 6.47. The van der Waals surface area contributed by atoms with Crippen molar-refractivity contribution in [3.63, 3.8) is 0 Å². The van der Waals surface area contributed by atoms with Crippen molar-refractivity contribution in [3.8, 4) is 0 Å². The second-order valence-corrected chi connectivity index (χ2v) is 7.36. The van der Waals surface area contributed by atoms with E-state index in [1.54, 1.807) is 0 Å². The summed E-state index contributed by atoms with van der Waals surface area (Å²) in [5, 5.41) is 0. The van der Waals surface area contributed by atoms with E-state index in [2.05, 4.69) is 66.0 Å². The van der Waals surface area contributed by atoms with E-state index in [4.69, 9.17) is 5.84 Å². The van der Waals surface area contributed by atoms with E-state index in [9.17, 15) is 0 Å². The minimum atomic E-state index is 0.240. The topological polar surface area (TPSA) is 38.0 Å². The Bertz CT molecular complexity index is 486. The smallest absolute Gasteiger partial charge is 0.0501 e. The van der Waals surface area contributed by atoms with Crippen LogP contribution in [0.15, 0.2) is 12.1 Å². The van der Waals surface area contributed by atoms with Crippen LogP contribution in [0.2, 0.25) is 0 Å². The second-order valence-electron chi connectivity index (χ2n) is 7.36. The molecule has 2 nitrogen and oxygen atoms in total. The molecule has 0 aliphatic heterocycles. The quantitative estimate of drug-likeness (QED) is 0.641. The predicted octanol–water partition coefficient (Wildman–Crippen LogP) is 3.80.